The van der Waals surface area contributed by atoms with E-state index >= 15 is 0 Å². The summed E-state index contributed by atoms with van der Waals surface area (Å²) in [5.41, 5.74) is 1.17. The highest BCUT2D eigenvalue weighted by atomic mass is 32.2. The molecule has 1 amide bonds. The molecule has 1 aromatic heterocycles. The number of likely N-dealkylation sites (tertiary alicyclic amines) is 1. The molecule has 1 N–H and O–H groups in total. The first-order valence-electron chi connectivity index (χ1n) is 9.66. The number of benzene rings is 1. The Bertz CT molecular complexity index is 854. The molecule has 0 spiro atoms. The molecule has 0 aliphatic carbocycles. The number of amides is 1. The average Bonchev–Trinajstić information content (AvgIpc) is 2.72. The highest BCUT2D eigenvalue weighted by Crippen LogP contribution is 2.20. The first-order chi connectivity index (χ1) is 13.6. The molecule has 2 aromatic rings. The van der Waals surface area contributed by atoms with E-state index in [1.807, 2.05) is 48.4 Å². The van der Waals surface area contributed by atoms with E-state index < -0.39 is 0 Å². The molecular weight excluding hydrogens is 374 g/mol. The number of para-hydroxylation sites is 1. The molecule has 1 aromatic carbocycles. The summed E-state index contributed by atoms with van der Waals surface area (Å²) in [7, 11) is 0. The molecule has 1 aliphatic rings. The molecule has 2 heterocycles. The third-order valence-electron chi connectivity index (χ3n) is 5.08. The Morgan fingerprint density at radius 2 is 2.14 bits per heavy atom. The number of aryl methyl sites for hydroxylation is 1. The van der Waals surface area contributed by atoms with Crippen LogP contribution in [0.5, 0.6) is 5.75 Å². The Morgan fingerprint density at radius 1 is 1.36 bits per heavy atom. The number of hydrogen-bond acceptors (Lipinski definition) is 5. The fraction of sp³-hybridized carbons (Fsp3) is 0.476. The van der Waals surface area contributed by atoms with E-state index in [-0.39, 0.29) is 11.5 Å². The van der Waals surface area contributed by atoms with E-state index in [0.717, 1.165) is 25.1 Å². The highest BCUT2D eigenvalue weighted by Gasteiger charge is 2.24. The van der Waals surface area contributed by atoms with Gasteiger partial charge in [0.25, 0.3) is 5.56 Å². The molecular formula is C21H27N3O3S. The van der Waals surface area contributed by atoms with Gasteiger partial charge in [-0.1, -0.05) is 30.0 Å². The zero-order valence-corrected chi connectivity index (χ0v) is 17.3. The number of carbonyl (C=O) groups excluding carboxylic acids is 1. The van der Waals surface area contributed by atoms with Crippen LogP contribution in [0.25, 0.3) is 0 Å². The van der Waals surface area contributed by atoms with Gasteiger partial charge in [-0.3, -0.25) is 9.59 Å². The standard InChI is InChI=1S/C21H27N3O3S/c1-15-18(20(26)23-21(22-15)28-2)10-11-19(25)24-12-6-7-16(13-24)14-27-17-8-4-3-5-9-17/h3-5,8-9,16H,6-7,10-14H2,1-2H3,(H,22,23,26). The predicted octanol–water partition coefficient (Wildman–Crippen LogP) is 3.05. The van der Waals surface area contributed by atoms with Crippen LogP contribution in [0.15, 0.2) is 40.3 Å². The van der Waals surface area contributed by atoms with Crippen molar-refractivity contribution >= 4 is 17.7 Å². The van der Waals surface area contributed by atoms with Gasteiger partial charge in [0, 0.05) is 36.7 Å². The van der Waals surface area contributed by atoms with Gasteiger partial charge in [-0.2, -0.15) is 0 Å². The minimum absolute atomic E-state index is 0.0946. The molecule has 0 saturated carbocycles. The summed E-state index contributed by atoms with van der Waals surface area (Å²) in [6.45, 7) is 3.93. The molecule has 150 valence electrons. The Labute approximate surface area is 169 Å². The lowest BCUT2D eigenvalue weighted by atomic mass is 9.98. The number of nitrogens with one attached hydrogen (secondary N) is 1. The van der Waals surface area contributed by atoms with Gasteiger partial charge in [-0.05, 0) is 44.6 Å². The number of H-pyrrole nitrogens is 1. The summed E-state index contributed by atoms with van der Waals surface area (Å²) < 4.78 is 5.86. The lowest BCUT2D eigenvalue weighted by molar-refractivity contribution is -0.133. The summed E-state index contributed by atoms with van der Waals surface area (Å²) in [6, 6.07) is 9.77. The summed E-state index contributed by atoms with van der Waals surface area (Å²) >= 11 is 1.40. The Hall–Kier alpha value is -2.28. The summed E-state index contributed by atoms with van der Waals surface area (Å²) in [4.78, 5) is 34.0. The molecule has 28 heavy (non-hydrogen) atoms. The number of hydrogen-bond donors (Lipinski definition) is 1. The van der Waals surface area contributed by atoms with E-state index in [1.165, 1.54) is 11.8 Å². The van der Waals surface area contributed by atoms with Crippen molar-refractivity contribution in [3.8, 4) is 5.75 Å². The fourth-order valence-electron chi connectivity index (χ4n) is 3.52. The SMILES string of the molecule is CSc1nc(C)c(CCC(=O)N2CCCC(COc3ccccc3)C2)c(=O)[nH]1. The van der Waals surface area contributed by atoms with Crippen molar-refractivity contribution in [2.45, 2.75) is 37.8 Å². The van der Waals surface area contributed by atoms with Gasteiger partial charge in [0.1, 0.15) is 5.75 Å². The van der Waals surface area contributed by atoms with Gasteiger partial charge in [0.2, 0.25) is 5.91 Å². The van der Waals surface area contributed by atoms with Crippen molar-refractivity contribution in [1.82, 2.24) is 14.9 Å². The number of piperidine rings is 1. The van der Waals surface area contributed by atoms with Gasteiger partial charge in [0.15, 0.2) is 5.16 Å². The van der Waals surface area contributed by atoms with Crippen molar-refractivity contribution < 1.29 is 9.53 Å². The summed E-state index contributed by atoms with van der Waals surface area (Å²) in [5, 5.41) is 0.606. The summed E-state index contributed by atoms with van der Waals surface area (Å²) in [5.74, 6) is 1.30. The molecule has 1 atom stereocenters. The lowest BCUT2D eigenvalue weighted by Gasteiger charge is -2.32. The van der Waals surface area contributed by atoms with Crippen molar-refractivity contribution in [2.24, 2.45) is 5.92 Å². The highest BCUT2D eigenvalue weighted by molar-refractivity contribution is 7.98. The molecule has 0 radical (unpaired) electrons. The first kappa shape index (κ1) is 20.5. The van der Waals surface area contributed by atoms with Gasteiger partial charge in [-0.15, -0.1) is 0 Å². The first-order valence-corrected chi connectivity index (χ1v) is 10.9. The second-order valence-corrected chi connectivity index (χ2v) is 7.91. The second-order valence-electron chi connectivity index (χ2n) is 7.11. The zero-order valence-electron chi connectivity index (χ0n) is 16.4. The van der Waals surface area contributed by atoms with Crippen LogP contribution in [0.3, 0.4) is 0 Å². The van der Waals surface area contributed by atoms with Crippen LogP contribution in [0, 0.1) is 12.8 Å². The van der Waals surface area contributed by atoms with Crippen LogP contribution in [0.4, 0.5) is 0 Å². The molecule has 0 bridgehead atoms. The Balaban J connectivity index is 1.52. The fourth-order valence-corrected chi connectivity index (χ4v) is 3.95. The van der Waals surface area contributed by atoms with Crippen LogP contribution in [0.1, 0.15) is 30.5 Å². The molecule has 1 unspecified atom stereocenters. The van der Waals surface area contributed by atoms with Gasteiger partial charge in [-0.25, -0.2) is 4.98 Å². The molecule has 1 fully saturated rings. The molecule has 7 heteroatoms. The Morgan fingerprint density at radius 3 is 2.86 bits per heavy atom. The number of carbonyl (C=O) groups is 1. The van der Waals surface area contributed by atoms with Crippen molar-refractivity contribution in [3.05, 3.63) is 51.9 Å². The van der Waals surface area contributed by atoms with E-state index in [1.54, 1.807) is 0 Å². The summed E-state index contributed by atoms with van der Waals surface area (Å²) in [6.07, 6.45) is 4.67. The number of aromatic nitrogens is 2. The van der Waals surface area contributed by atoms with Crippen molar-refractivity contribution in [1.29, 1.82) is 0 Å². The zero-order chi connectivity index (χ0) is 19.9. The number of nitrogens with zero attached hydrogens (tertiary/aromatic N) is 2. The van der Waals surface area contributed by atoms with E-state index in [4.69, 9.17) is 4.74 Å². The topological polar surface area (TPSA) is 75.3 Å². The minimum Gasteiger partial charge on any atom is -0.493 e. The van der Waals surface area contributed by atoms with Gasteiger partial charge in [0.05, 0.1) is 6.61 Å². The predicted molar refractivity (Wildman–Crippen MR) is 111 cm³/mol. The smallest absolute Gasteiger partial charge is 0.254 e. The quantitative estimate of drug-likeness (QED) is 0.570. The average molecular weight is 402 g/mol. The molecule has 3 rings (SSSR count). The van der Waals surface area contributed by atoms with E-state index in [9.17, 15) is 9.59 Å². The maximum atomic E-state index is 12.7. The van der Waals surface area contributed by atoms with Crippen molar-refractivity contribution in [2.75, 3.05) is 26.0 Å². The van der Waals surface area contributed by atoms with E-state index in [0.29, 0.717) is 48.3 Å². The normalized spacial score (nSPS) is 16.8. The number of aromatic amines is 1. The van der Waals surface area contributed by atoms with Crippen LogP contribution in [-0.2, 0) is 11.2 Å². The minimum atomic E-state index is -0.141. The largest absolute Gasteiger partial charge is 0.493 e. The molecule has 6 nitrogen and oxygen atoms in total. The van der Waals surface area contributed by atoms with Crippen molar-refractivity contribution in [3.63, 3.8) is 0 Å². The van der Waals surface area contributed by atoms with Crippen LogP contribution < -0.4 is 10.3 Å². The maximum absolute atomic E-state index is 12.7. The number of ether oxygens (including phenoxy) is 1. The van der Waals surface area contributed by atoms with Gasteiger partial charge >= 0.3 is 0 Å². The number of rotatable bonds is 7. The van der Waals surface area contributed by atoms with E-state index in [2.05, 4.69) is 9.97 Å². The van der Waals surface area contributed by atoms with Crippen LogP contribution in [0.2, 0.25) is 0 Å². The third-order valence-corrected chi connectivity index (χ3v) is 5.66. The van der Waals surface area contributed by atoms with Gasteiger partial charge < -0.3 is 14.6 Å². The van der Waals surface area contributed by atoms with Crippen LogP contribution in [-0.4, -0.2) is 46.7 Å². The lowest BCUT2D eigenvalue weighted by Crippen LogP contribution is -2.41. The molecule has 1 aliphatic heterocycles. The second kappa shape index (κ2) is 9.78. The third kappa shape index (κ3) is 5.38. The monoisotopic (exact) mass is 401 g/mol. The van der Waals surface area contributed by atoms with Crippen LogP contribution >= 0.6 is 11.8 Å². The molecule has 1 saturated heterocycles. The number of thioether (sulfide) groups is 1. The Kier molecular flexibility index (Phi) is 7.14. The maximum Gasteiger partial charge on any atom is 0.254 e.